The molecule has 3 rings (SSSR count). The Hall–Kier alpha value is -3.57. The number of nitrogens with zero attached hydrogens (tertiary/aromatic N) is 1. The highest BCUT2D eigenvalue weighted by Gasteiger charge is 2.10. The minimum Gasteiger partial charge on any atom is -0.458 e. The van der Waals surface area contributed by atoms with E-state index in [-0.39, 0.29) is 6.10 Å². The van der Waals surface area contributed by atoms with Crippen molar-refractivity contribution in [3.8, 4) is 24.7 Å². The minimum atomic E-state index is -0.281. The van der Waals surface area contributed by atoms with E-state index in [4.69, 9.17) is 16.3 Å². The summed E-state index contributed by atoms with van der Waals surface area (Å²) in [6.07, 6.45) is 11.2. The number of hydrogen-bond donors (Lipinski definition) is 1. The van der Waals surface area contributed by atoms with Crippen molar-refractivity contribution < 1.29 is 9.53 Å². The van der Waals surface area contributed by atoms with E-state index < -0.39 is 0 Å². The van der Waals surface area contributed by atoms with Crippen LogP contribution in [0.4, 0.5) is 0 Å². The van der Waals surface area contributed by atoms with Crippen molar-refractivity contribution in [3.05, 3.63) is 101 Å². The van der Waals surface area contributed by atoms with Crippen molar-refractivity contribution in [3.63, 3.8) is 0 Å². The fourth-order valence-electron chi connectivity index (χ4n) is 2.31. The molecule has 0 radical (unpaired) electrons. The molecule has 1 atom stereocenters. The lowest BCUT2D eigenvalue weighted by molar-refractivity contribution is -0.133. The van der Waals surface area contributed by atoms with Gasteiger partial charge in [0.05, 0.1) is 0 Å². The molecule has 2 aromatic carbocycles. The van der Waals surface area contributed by atoms with E-state index >= 15 is 0 Å². The summed E-state index contributed by atoms with van der Waals surface area (Å²) >= 11 is 5.82. The van der Waals surface area contributed by atoms with Crippen LogP contribution in [0.3, 0.4) is 0 Å². The molecule has 1 N–H and O–H groups in total. The minimum absolute atomic E-state index is 0.281. The quantitative estimate of drug-likeness (QED) is 0.489. The lowest BCUT2D eigenvalue weighted by Gasteiger charge is -2.14. The zero-order valence-electron chi connectivity index (χ0n) is 16.7. The molecule has 0 aliphatic rings. The third-order valence-corrected chi connectivity index (χ3v) is 3.85. The number of benzene rings is 2. The van der Waals surface area contributed by atoms with Crippen molar-refractivity contribution in [2.24, 2.45) is 0 Å². The Balaban J connectivity index is 0.000000277. The molecule has 0 saturated heterocycles. The van der Waals surface area contributed by atoms with Crippen molar-refractivity contribution in [1.29, 1.82) is 0 Å². The van der Waals surface area contributed by atoms with Crippen LogP contribution in [0.25, 0.3) is 0 Å². The monoisotopic (exact) mass is 418 g/mol. The lowest BCUT2D eigenvalue weighted by atomic mass is 10.1. The Kier molecular flexibility index (Phi) is 12.5. The molecule has 1 aromatic heterocycles. The number of likely N-dealkylation sites (N-methyl/N-ethyl adjacent to an activating group) is 1. The predicted molar refractivity (Wildman–Crippen MR) is 122 cm³/mol. The zero-order chi connectivity index (χ0) is 22.0. The number of rotatable bonds is 5. The van der Waals surface area contributed by atoms with Crippen molar-refractivity contribution >= 4 is 18.1 Å². The van der Waals surface area contributed by atoms with Crippen LogP contribution in [0.1, 0.15) is 22.8 Å². The third kappa shape index (κ3) is 9.57. The number of terminal acetylenes is 1. The summed E-state index contributed by atoms with van der Waals surface area (Å²) in [6, 6.07) is 21.0. The molecule has 3 aromatic rings. The van der Waals surface area contributed by atoms with Gasteiger partial charge in [-0.15, -0.1) is 12.8 Å². The number of carbonyl (C=O) groups is 1. The number of pyridine rings is 1. The summed E-state index contributed by atoms with van der Waals surface area (Å²) in [5.74, 6) is 6.12. The normalized spacial score (nSPS) is 9.87. The molecule has 0 aliphatic carbocycles. The smallest absolute Gasteiger partial charge is 0.293 e. The van der Waals surface area contributed by atoms with Gasteiger partial charge in [-0.2, -0.15) is 0 Å². The largest absolute Gasteiger partial charge is 0.458 e. The molecule has 0 spiro atoms. The second-order valence-corrected chi connectivity index (χ2v) is 6.13. The van der Waals surface area contributed by atoms with Crippen LogP contribution in [-0.2, 0) is 9.53 Å². The molecule has 0 fully saturated rings. The van der Waals surface area contributed by atoms with Crippen molar-refractivity contribution in [1.82, 2.24) is 10.3 Å². The highest BCUT2D eigenvalue weighted by Crippen LogP contribution is 2.19. The number of aromatic nitrogens is 1. The first-order chi connectivity index (χ1) is 14.7. The van der Waals surface area contributed by atoms with E-state index in [0.717, 1.165) is 16.7 Å². The summed E-state index contributed by atoms with van der Waals surface area (Å²) in [4.78, 5) is 14.3. The zero-order valence-corrected chi connectivity index (χ0v) is 17.4. The summed E-state index contributed by atoms with van der Waals surface area (Å²) in [5.41, 5.74) is 2.85. The third-order valence-electron chi connectivity index (χ3n) is 3.62. The standard InChI is InChI=1S/C13H9N.C10H12ClNO2.C2H2/c1-2-5-12(6-3-1)8-9-13-7-4-10-14-11-13;1-12-6-10(14-7-13)8-3-2-4-9(11)5-8;1-2/h1-7,10-11H;2-5,7,10,12H,6H2,1H3;1-2H/t;10-;/m.1./s1. The number of carbonyl (C=O) groups excluding carboxylic acids is 1. The number of nitrogens with one attached hydrogen (secondary N) is 1. The van der Waals surface area contributed by atoms with Gasteiger partial charge < -0.3 is 10.1 Å². The molecule has 4 nitrogen and oxygen atoms in total. The van der Waals surface area contributed by atoms with Gasteiger partial charge in [0.25, 0.3) is 6.47 Å². The van der Waals surface area contributed by atoms with Crippen LogP contribution in [0, 0.1) is 24.7 Å². The van der Waals surface area contributed by atoms with Crippen LogP contribution < -0.4 is 5.32 Å². The predicted octanol–water partition coefficient (Wildman–Crippen LogP) is 4.50. The second kappa shape index (κ2) is 15.4. The Morgan fingerprint density at radius 2 is 1.77 bits per heavy atom. The number of ether oxygens (including phenoxy) is 1. The summed E-state index contributed by atoms with van der Waals surface area (Å²) in [5, 5.41) is 3.58. The van der Waals surface area contributed by atoms with E-state index in [1.54, 1.807) is 31.6 Å². The molecule has 1 heterocycles. The first-order valence-electron chi connectivity index (χ1n) is 9.02. The molecule has 0 unspecified atom stereocenters. The van der Waals surface area contributed by atoms with E-state index in [9.17, 15) is 4.79 Å². The van der Waals surface area contributed by atoms with Crippen LogP contribution in [0.15, 0.2) is 79.1 Å². The number of halogens is 1. The molecular formula is C25H23ClN2O2. The van der Waals surface area contributed by atoms with E-state index in [2.05, 4.69) is 35.0 Å². The van der Waals surface area contributed by atoms with Gasteiger partial charge in [0.1, 0.15) is 6.10 Å². The average Bonchev–Trinajstić information content (AvgIpc) is 2.81. The van der Waals surface area contributed by atoms with Gasteiger partial charge in [0.2, 0.25) is 0 Å². The number of hydrogen-bond acceptors (Lipinski definition) is 4. The fourth-order valence-corrected chi connectivity index (χ4v) is 2.51. The summed E-state index contributed by atoms with van der Waals surface area (Å²) < 4.78 is 4.92. The van der Waals surface area contributed by atoms with Crippen molar-refractivity contribution in [2.45, 2.75) is 6.10 Å². The first kappa shape index (κ1) is 24.5. The fraction of sp³-hybridized carbons (Fsp3) is 0.120. The highest BCUT2D eigenvalue weighted by atomic mass is 35.5. The van der Waals surface area contributed by atoms with E-state index in [0.29, 0.717) is 18.0 Å². The topological polar surface area (TPSA) is 51.2 Å². The first-order valence-corrected chi connectivity index (χ1v) is 9.40. The van der Waals surface area contributed by atoms with Gasteiger partial charge in [0.15, 0.2) is 0 Å². The van der Waals surface area contributed by atoms with E-state index in [1.165, 1.54) is 0 Å². The SMILES string of the molecule is C#C.C(#Cc1cccnc1)c1ccccc1.CNC[C@@H](OC=O)c1cccc(Cl)c1. The van der Waals surface area contributed by atoms with Gasteiger partial charge in [-0.05, 0) is 49.0 Å². The molecular weight excluding hydrogens is 396 g/mol. The van der Waals surface area contributed by atoms with Crippen LogP contribution in [0.5, 0.6) is 0 Å². The lowest BCUT2D eigenvalue weighted by Crippen LogP contribution is -2.19. The average molecular weight is 419 g/mol. The Bertz CT molecular complexity index is 905. The molecule has 30 heavy (non-hydrogen) atoms. The molecule has 5 heteroatoms. The van der Waals surface area contributed by atoms with Gasteiger partial charge in [0, 0.05) is 35.1 Å². The van der Waals surface area contributed by atoms with Gasteiger partial charge in [-0.1, -0.05) is 53.8 Å². The van der Waals surface area contributed by atoms with Crippen molar-refractivity contribution in [2.75, 3.05) is 13.6 Å². The molecule has 0 saturated carbocycles. The van der Waals surface area contributed by atoms with Gasteiger partial charge in [-0.3, -0.25) is 9.78 Å². The Morgan fingerprint density at radius 1 is 1.07 bits per heavy atom. The molecule has 0 bridgehead atoms. The van der Waals surface area contributed by atoms with Crippen LogP contribution >= 0.6 is 11.6 Å². The molecule has 0 aliphatic heterocycles. The maximum Gasteiger partial charge on any atom is 0.293 e. The van der Waals surface area contributed by atoms with Crippen LogP contribution in [-0.4, -0.2) is 25.0 Å². The second-order valence-electron chi connectivity index (χ2n) is 5.69. The van der Waals surface area contributed by atoms with Gasteiger partial charge >= 0.3 is 0 Å². The van der Waals surface area contributed by atoms with E-state index in [1.807, 2.05) is 54.6 Å². The maximum absolute atomic E-state index is 10.3. The summed E-state index contributed by atoms with van der Waals surface area (Å²) in [6.45, 7) is 1.02. The van der Waals surface area contributed by atoms with Gasteiger partial charge in [-0.25, -0.2) is 0 Å². The Labute approximate surface area is 183 Å². The molecule has 152 valence electrons. The molecule has 0 amide bonds. The summed E-state index contributed by atoms with van der Waals surface area (Å²) in [7, 11) is 1.80. The highest BCUT2D eigenvalue weighted by molar-refractivity contribution is 6.30. The Morgan fingerprint density at radius 3 is 2.37 bits per heavy atom. The van der Waals surface area contributed by atoms with Crippen LogP contribution in [0.2, 0.25) is 5.02 Å². The maximum atomic E-state index is 10.3.